The van der Waals surface area contributed by atoms with Crippen LogP contribution in [0.15, 0.2) is 35.3 Å². The molecule has 1 fully saturated rings. The van der Waals surface area contributed by atoms with Crippen LogP contribution in [-0.2, 0) is 6.54 Å². The minimum Gasteiger partial charge on any atom is -0.288 e. The number of carbonyl (C=O) groups excluding carboxylic acids is 1. The average molecular weight is 306 g/mol. The number of rotatable bonds is 4. The summed E-state index contributed by atoms with van der Waals surface area (Å²) in [7, 11) is 0. The molecule has 1 aliphatic carbocycles. The smallest absolute Gasteiger partial charge is 0.198 e. The van der Waals surface area contributed by atoms with Gasteiger partial charge in [-0.1, -0.05) is 0 Å². The van der Waals surface area contributed by atoms with Crippen LogP contribution in [0.3, 0.4) is 0 Å². The number of hydrogen-bond acceptors (Lipinski definition) is 3. The minimum atomic E-state index is -0.0444. The van der Waals surface area contributed by atoms with E-state index in [4.69, 9.17) is 0 Å². The summed E-state index contributed by atoms with van der Waals surface area (Å²) in [6, 6.07) is 3.52. The topological polar surface area (TPSA) is 47.8 Å². The van der Waals surface area contributed by atoms with E-state index in [-0.39, 0.29) is 5.78 Å². The van der Waals surface area contributed by atoms with Crippen LogP contribution in [-0.4, -0.2) is 20.5 Å². The minimum absolute atomic E-state index is 0.0444. The quantitative estimate of drug-likeness (QED) is 0.644. The first-order chi connectivity index (χ1) is 8.74. The summed E-state index contributed by atoms with van der Waals surface area (Å²) >= 11 is 3.29. The molecule has 0 saturated heterocycles. The first-order valence-corrected chi connectivity index (χ1v) is 6.71. The van der Waals surface area contributed by atoms with Crippen molar-refractivity contribution >= 4 is 21.7 Å². The van der Waals surface area contributed by atoms with Gasteiger partial charge in [-0.3, -0.25) is 9.48 Å². The molecule has 2 heterocycles. The Hall–Kier alpha value is -1.49. The lowest BCUT2D eigenvalue weighted by Gasteiger charge is -2.00. The van der Waals surface area contributed by atoms with Crippen molar-refractivity contribution in [1.82, 2.24) is 14.8 Å². The summed E-state index contributed by atoms with van der Waals surface area (Å²) in [6.45, 7) is 0.918. The van der Waals surface area contributed by atoms with Gasteiger partial charge in [-0.15, -0.1) is 0 Å². The van der Waals surface area contributed by atoms with E-state index >= 15 is 0 Å². The molecule has 0 bridgehead atoms. The van der Waals surface area contributed by atoms with Gasteiger partial charge in [0, 0.05) is 18.9 Å². The van der Waals surface area contributed by atoms with Crippen molar-refractivity contribution in [3.05, 3.63) is 46.5 Å². The first kappa shape index (κ1) is 11.6. The van der Waals surface area contributed by atoms with Crippen molar-refractivity contribution in [1.29, 1.82) is 0 Å². The van der Waals surface area contributed by atoms with Gasteiger partial charge >= 0.3 is 0 Å². The van der Waals surface area contributed by atoms with E-state index in [2.05, 4.69) is 26.0 Å². The Morgan fingerprint density at radius 2 is 2.33 bits per heavy atom. The Bertz CT molecular complexity index is 589. The van der Waals surface area contributed by atoms with Crippen LogP contribution in [0.1, 0.15) is 28.8 Å². The zero-order valence-electron chi connectivity index (χ0n) is 9.71. The third-order valence-corrected chi connectivity index (χ3v) is 3.67. The predicted molar refractivity (Wildman–Crippen MR) is 70.3 cm³/mol. The lowest BCUT2D eigenvalue weighted by molar-refractivity contribution is 0.103. The second-order valence-electron chi connectivity index (χ2n) is 4.57. The second kappa shape index (κ2) is 4.65. The molecule has 0 amide bonds. The molecule has 0 atom stereocenters. The molecular weight excluding hydrogens is 294 g/mol. The predicted octanol–water partition coefficient (Wildman–Crippen LogP) is 2.68. The Kier molecular flexibility index (Phi) is 2.99. The summed E-state index contributed by atoms with van der Waals surface area (Å²) in [5.41, 5.74) is 1.19. The maximum absolute atomic E-state index is 12.3. The third-order valence-electron chi connectivity index (χ3n) is 3.04. The molecule has 0 spiro atoms. The van der Waals surface area contributed by atoms with Crippen LogP contribution in [0, 0.1) is 5.92 Å². The number of ketones is 1. The molecule has 0 radical (unpaired) electrons. The third kappa shape index (κ3) is 2.36. The van der Waals surface area contributed by atoms with Crippen molar-refractivity contribution in [3.8, 4) is 0 Å². The van der Waals surface area contributed by atoms with E-state index in [1.165, 1.54) is 12.8 Å². The second-order valence-corrected chi connectivity index (χ2v) is 5.32. The Balaban J connectivity index is 1.83. The summed E-state index contributed by atoms with van der Waals surface area (Å²) < 4.78 is 2.43. The van der Waals surface area contributed by atoms with Crippen LogP contribution < -0.4 is 0 Å². The van der Waals surface area contributed by atoms with E-state index in [0.717, 1.165) is 12.5 Å². The number of pyridine rings is 1. The molecule has 18 heavy (non-hydrogen) atoms. The standard InChI is InChI=1S/C13H12BrN3O/c14-13-11(2-1-5-15-13)12(18)10-6-16-17(8-10)7-9-3-4-9/h1-2,5-6,8-9H,3-4,7H2. The van der Waals surface area contributed by atoms with Gasteiger partial charge in [-0.05, 0) is 46.8 Å². The number of halogens is 1. The van der Waals surface area contributed by atoms with Gasteiger partial charge in [-0.2, -0.15) is 5.10 Å². The van der Waals surface area contributed by atoms with E-state index < -0.39 is 0 Å². The monoisotopic (exact) mass is 305 g/mol. The van der Waals surface area contributed by atoms with Gasteiger partial charge in [0.05, 0.1) is 17.3 Å². The van der Waals surface area contributed by atoms with E-state index in [1.807, 2.05) is 10.9 Å². The van der Waals surface area contributed by atoms with Crippen molar-refractivity contribution in [3.63, 3.8) is 0 Å². The molecule has 2 aromatic rings. The lowest BCUT2D eigenvalue weighted by Crippen LogP contribution is -2.03. The zero-order chi connectivity index (χ0) is 12.5. The summed E-state index contributed by atoms with van der Waals surface area (Å²) in [5, 5.41) is 4.23. The zero-order valence-corrected chi connectivity index (χ0v) is 11.3. The van der Waals surface area contributed by atoms with Gasteiger partial charge in [0.1, 0.15) is 4.60 Å². The van der Waals surface area contributed by atoms with Gasteiger partial charge in [0.25, 0.3) is 0 Å². The Morgan fingerprint density at radius 3 is 3.06 bits per heavy atom. The number of nitrogens with zero attached hydrogens (tertiary/aromatic N) is 3. The SMILES string of the molecule is O=C(c1cnn(CC2CC2)c1)c1cccnc1Br. The fraction of sp³-hybridized carbons (Fsp3) is 0.308. The Morgan fingerprint density at radius 1 is 1.50 bits per heavy atom. The molecule has 3 rings (SSSR count). The molecule has 0 N–H and O–H groups in total. The molecule has 1 aliphatic rings. The highest BCUT2D eigenvalue weighted by atomic mass is 79.9. The van der Waals surface area contributed by atoms with Crippen LogP contribution in [0.4, 0.5) is 0 Å². The first-order valence-electron chi connectivity index (χ1n) is 5.91. The van der Waals surface area contributed by atoms with Gasteiger partial charge < -0.3 is 0 Å². The van der Waals surface area contributed by atoms with Crippen LogP contribution in [0.25, 0.3) is 0 Å². The Labute approximate surface area is 113 Å². The fourth-order valence-corrected chi connectivity index (χ4v) is 2.29. The van der Waals surface area contributed by atoms with E-state index in [9.17, 15) is 4.79 Å². The molecule has 5 heteroatoms. The highest BCUT2D eigenvalue weighted by molar-refractivity contribution is 9.10. The molecule has 0 aliphatic heterocycles. The molecule has 1 saturated carbocycles. The van der Waals surface area contributed by atoms with Gasteiger partial charge in [-0.25, -0.2) is 4.98 Å². The van der Waals surface area contributed by atoms with Crippen LogP contribution in [0.2, 0.25) is 0 Å². The molecule has 0 unspecified atom stereocenters. The molecule has 2 aromatic heterocycles. The highest BCUT2D eigenvalue weighted by Gasteiger charge is 2.22. The maximum atomic E-state index is 12.3. The summed E-state index contributed by atoms with van der Waals surface area (Å²) in [4.78, 5) is 16.3. The number of aromatic nitrogens is 3. The lowest BCUT2D eigenvalue weighted by atomic mass is 10.1. The number of hydrogen-bond donors (Lipinski definition) is 0. The normalized spacial score (nSPS) is 14.7. The highest BCUT2D eigenvalue weighted by Crippen LogP contribution is 2.30. The maximum Gasteiger partial charge on any atom is 0.198 e. The molecule has 0 aromatic carbocycles. The molecular formula is C13H12BrN3O. The summed E-state index contributed by atoms with van der Waals surface area (Å²) in [6.07, 6.45) is 7.65. The van der Waals surface area contributed by atoms with Crippen LogP contribution >= 0.6 is 15.9 Å². The van der Waals surface area contributed by atoms with Gasteiger partial charge in [0.15, 0.2) is 5.78 Å². The van der Waals surface area contributed by atoms with E-state index in [1.54, 1.807) is 24.5 Å². The fourth-order valence-electron chi connectivity index (χ4n) is 1.86. The van der Waals surface area contributed by atoms with Crippen molar-refractivity contribution < 1.29 is 4.79 Å². The molecule has 4 nitrogen and oxygen atoms in total. The number of carbonyl (C=O) groups is 1. The van der Waals surface area contributed by atoms with Crippen molar-refractivity contribution in [2.45, 2.75) is 19.4 Å². The van der Waals surface area contributed by atoms with Gasteiger partial charge in [0.2, 0.25) is 0 Å². The average Bonchev–Trinajstić information content (AvgIpc) is 3.05. The van der Waals surface area contributed by atoms with Crippen molar-refractivity contribution in [2.24, 2.45) is 5.92 Å². The van der Waals surface area contributed by atoms with E-state index in [0.29, 0.717) is 15.7 Å². The summed E-state index contributed by atoms with van der Waals surface area (Å²) in [5.74, 6) is 0.704. The van der Waals surface area contributed by atoms with Crippen LogP contribution in [0.5, 0.6) is 0 Å². The molecule has 92 valence electrons. The largest absolute Gasteiger partial charge is 0.288 e. The van der Waals surface area contributed by atoms with Crippen molar-refractivity contribution in [2.75, 3.05) is 0 Å².